The second kappa shape index (κ2) is 23.9. The normalized spacial score (nSPS) is 43.6. The molecule has 52 heavy (non-hydrogen) atoms. The second-order valence-electron chi connectivity index (χ2n) is 14.6. The van der Waals surface area contributed by atoms with Crippen LogP contribution in [-0.4, -0.2) is 108 Å². The highest BCUT2D eigenvalue weighted by atomic mass is 16.6. The lowest BCUT2D eigenvalue weighted by atomic mass is 9.84. The van der Waals surface area contributed by atoms with E-state index in [4.69, 9.17) is 9.47 Å². The predicted molar refractivity (Wildman–Crippen MR) is 200 cm³/mol. The smallest absolute Gasteiger partial charge is 0.308 e. The zero-order chi connectivity index (χ0) is 38.7. The highest BCUT2D eigenvalue weighted by Crippen LogP contribution is 2.36. The van der Waals surface area contributed by atoms with Crippen molar-refractivity contribution < 1.29 is 55.1 Å². The number of allylic oxidation sites excluding steroid dienone is 12. The quantitative estimate of drug-likeness (QED) is 0.169. The molecule has 0 amide bonds. The standard InChI is InChI=1S/C41H64O11/c1-28-18-15-13-11-9-7-5-6-8-10-12-14-16-19-33(43)24-38-30(3)37(47)27-41(50,52-38)26-34(44)21-17-20-32(42)22-35(45)23-36(46)25-39(48)51-31(4)29(2)40(28)49/h5-16,18-19,28-38,40,42-47,49-50H,17,20-27H2,1-4H3/b6-5+,9-7+,10-8+,13-11+,14-12+,18-15+,19-16+/t28?,29-,30?,31?,32?,33?,34?,35?,36?,37?,38?,40?,41?/m0/s1. The summed E-state index contributed by atoms with van der Waals surface area (Å²) in [7, 11) is 0. The number of cyclic esters (lactones) is 1. The SMILES string of the molecule is CC1/C=C/C=C/C=C/C=C/C=C/C=C/C=C/C(O)CC2OC(O)(CC(O)CCCC(O)CC(O)CC(O)CC(=O)OC(C)[C@H](C)C1O)CC(O)C2C. The Bertz CT molecular complexity index is 1240. The number of esters is 1. The van der Waals surface area contributed by atoms with Crippen LogP contribution in [-0.2, 0) is 14.3 Å². The summed E-state index contributed by atoms with van der Waals surface area (Å²) in [5.41, 5.74) is 0. The summed E-state index contributed by atoms with van der Waals surface area (Å²) < 4.78 is 11.4. The molecule has 0 radical (unpaired) electrons. The Kier molecular flexibility index (Phi) is 20.8. The van der Waals surface area contributed by atoms with Crippen molar-refractivity contribution in [2.24, 2.45) is 17.8 Å². The minimum atomic E-state index is -1.80. The maximum absolute atomic E-state index is 12.5. The Morgan fingerprint density at radius 1 is 0.615 bits per heavy atom. The zero-order valence-corrected chi connectivity index (χ0v) is 31.2. The average molecular weight is 733 g/mol. The summed E-state index contributed by atoms with van der Waals surface area (Å²) in [4.78, 5) is 12.5. The lowest BCUT2D eigenvalue weighted by molar-refractivity contribution is -0.299. The summed E-state index contributed by atoms with van der Waals surface area (Å²) >= 11 is 0. The summed E-state index contributed by atoms with van der Waals surface area (Å²) in [5.74, 6) is -3.41. The lowest BCUT2D eigenvalue weighted by Gasteiger charge is -2.44. The molecule has 2 rings (SSSR count). The van der Waals surface area contributed by atoms with Crippen LogP contribution in [0.5, 0.6) is 0 Å². The van der Waals surface area contributed by atoms with Crippen LogP contribution in [0.3, 0.4) is 0 Å². The molecular weight excluding hydrogens is 668 g/mol. The van der Waals surface area contributed by atoms with E-state index < -0.39 is 66.7 Å². The van der Waals surface area contributed by atoms with Gasteiger partial charge in [0.2, 0.25) is 0 Å². The van der Waals surface area contributed by atoms with Crippen molar-refractivity contribution in [1.82, 2.24) is 0 Å². The van der Waals surface area contributed by atoms with Crippen molar-refractivity contribution in [3.63, 3.8) is 0 Å². The van der Waals surface area contributed by atoms with Gasteiger partial charge in [-0.25, -0.2) is 0 Å². The van der Waals surface area contributed by atoms with Gasteiger partial charge in [-0.15, -0.1) is 0 Å². The Hall–Kier alpha value is -2.71. The molecule has 2 bridgehead atoms. The number of fused-ring (bicyclic) bond motifs is 2. The highest BCUT2D eigenvalue weighted by molar-refractivity contribution is 5.70. The van der Waals surface area contributed by atoms with E-state index in [9.17, 15) is 45.6 Å². The third-order valence-electron chi connectivity index (χ3n) is 9.79. The summed E-state index contributed by atoms with van der Waals surface area (Å²) in [6.45, 7) is 7.12. The van der Waals surface area contributed by atoms with Crippen LogP contribution in [0.1, 0.15) is 85.5 Å². The van der Waals surface area contributed by atoms with E-state index >= 15 is 0 Å². The fourth-order valence-electron chi connectivity index (χ4n) is 6.39. The minimum absolute atomic E-state index is 0.0438. The molecule has 2 heterocycles. The molecule has 0 spiro atoms. The first-order valence-electron chi connectivity index (χ1n) is 18.6. The van der Waals surface area contributed by atoms with Crippen molar-refractivity contribution in [2.45, 2.75) is 146 Å². The largest absolute Gasteiger partial charge is 0.462 e. The van der Waals surface area contributed by atoms with Crippen LogP contribution in [0, 0.1) is 17.8 Å². The number of ether oxygens (including phenoxy) is 2. The van der Waals surface area contributed by atoms with Gasteiger partial charge in [0.1, 0.15) is 6.10 Å². The molecule has 2 aliphatic rings. The zero-order valence-electron chi connectivity index (χ0n) is 31.2. The van der Waals surface area contributed by atoms with Gasteiger partial charge in [0, 0.05) is 37.0 Å². The Balaban J connectivity index is 2.09. The first kappa shape index (κ1) is 45.4. The van der Waals surface area contributed by atoms with E-state index in [-0.39, 0.29) is 69.1 Å². The molecule has 294 valence electrons. The summed E-state index contributed by atoms with van der Waals surface area (Å²) in [6.07, 6.45) is 17.6. The molecule has 0 aliphatic carbocycles. The van der Waals surface area contributed by atoms with Crippen molar-refractivity contribution in [3.05, 3.63) is 85.1 Å². The topological polar surface area (TPSA) is 197 Å². The third-order valence-corrected chi connectivity index (χ3v) is 9.79. The third kappa shape index (κ3) is 17.9. The first-order valence-corrected chi connectivity index (χ1v) is 18.6. The number of carbonyl (C=O) groups is 1. The van der Waals surface area contributed by atoms with Gasteiger partial charge >= 0.3 is 5.97 Å². The second-order valence-corrected chi connectivity index (χ2v) is 14.6. The van der Waals surface area contributed by atoms with Gasteiger partial charge in [0.05, 0.1) is 55.3 Å². The average Bonchev–Trinajstić information content (AvgIpc) is 3.05. The van der Waals surface area contributed by atoms with Crippen LogP contribution < -0.4 is 0 Å². The molecule has 0 aromatic rings. The van der Waals surface area contributed by atoms with Gasteiger partial charge in [-0.05, 0) is 39.0 Å². The molecule has 12 unspecified atom stereocenters. The van der Waals surface area contributed by atoms with E-state index in [1.54, 1.807) is 39.0 Å². The number of hydrogen-bond donors (Lipinski definition) is 8. The van der Waals surface area contributed by atoms with Crippen molar-refractivity contribution in [1.29, 1.82) is 0 Å². The fraction of sp³-hybridized carbons (Fsp3) is 0.634. The van der Waals surface area contributed by atoms with Crippen molar-refractivity contribution in [3.8, 4) is 0 Å². The molecule has 0 aromatic heterocycles. The number of aliphatic hydroxyl groups excluding tert-OH is 7. The number of aliphatic hydroxyl groups is 8. The van der Waals surface area contributed by atoms with Gasteiger partial charge in [0.25, 0.3) is 0 Å². The van der Waals surface area contributed by atoms with E-state index in [1.807, 2.05) is 73.8 Å². The minimum Gasteiger partial charge on any atom is -0.462 e. The molecule has 2 aliphatic heterocycles. The molecule has 11 heteroatoms. The van der Waals surface area contributed by atoms with Crippen molar-refractivity contribution in [2.75, 3.05) is 0 Å². The first-order chi connectivity index (χ1) is 24.6. The molecule has 11 nitrogen and oxygen atoms in total. The van der Waals surface area contributed by atoms with Gasteiger partial charge in [-0.1, -0.05) is 106 Å². The van der Waals surface area contributed by atoms with Gasteiger partial charge in [-0.2, -0.15) is 0 Å². The number of hydrogen-bond acceptors (Lipinski definition) is 11. The monoisotopic (exact) mass is 732 g/mol. The van der Waals surface area contributed by atoms with Crippen LogP contribution in [0.25, 0.3) is 0 Å². The molecule has 13 atom stereocenters. The molecule has 1 fully saturated rings. The van der Waals surface area contributed by atoms with Gasteiger partial charge < -0.3 is 50.3 Å². The van der Waals surface area contributed by atoms with Gasteiger partial charge in [0.15, 0.2) is 5.79 Å². The molecule has 0 aromatic carbocycles. The maximum atomic E-state index is 12.5. The summed E-state index contributed by atoms with van der Waals surface area (Å²) in [5, 5.41) is 85.2. The molecular formula is C41H64O11. The van der Waals surface area contributed by atoms with Gasteiger partial charge in [-0.3, -0.25) is 4.79 Å². The van der Waals surface area contributed by atoms with E-state index in [2.05, 4.69) is 0 Å². The van der Waals surface area contributed by atoms with Crippen molar-refractivity contribution >= 4 is 5.97 Å². The maximum Gasteiger partial charge on any atom is 0.308 e. The highest BCUT2D eigenvalue weighted by Gasteiger charge is 2.45. The van der Waals surface area contributed by atoms with E-state index in [0.29, 0.717) is 6.42 Å². The molecule has 0 saturated carbocycles. The number of rotatable bonds is 0. The van der Waals surface area contributed by atoms with Crippen LogP contribution in [0.2, 0.25) is 0 Å². The van der Waals surface area contributed by atoms with Crippen LogP contribution >= 0.6 is 0 Å². The Morgan fingerprint density at radius 2 is 1.13 bits per heavy atom. The van der Waals surface area contributed by atoms with E-state index in [0.717, 1.165) is 0 Å². The van der Waals surface area contributed by atoms with Crippen LogP contribution in [0.15, 0.2) is 85.1 Å². The lowest BCUT2D eigenvalue weighted by Crippen LogP contribution is -2.52. The molecule has 1 saturated heterocycles. The molecule has 8 N–H and O–H groups in total. The Morgan fingerprint density at radius 3 is 1.73 bits per heavy atom. The van der Waals surface area contributed by atoms with E-state index in [1.165, 1.54) is 0 Å². The fourth-order valence-corrected chi connectivity index (χ4v) is 6.39. The Labute approximate surface area is 309 Å². The number of carbonyl (C=O) groups excluding carboxylic acids is 1. The summed E-state index contributed by atoms with van der Waals surface area (Å²) in [6, 6.07) is 0. The predicted octanol–water partition coefficient (Wildman–Crippen LogP) is 3.86. The van der Waals surface area contributed by atoms with Crippen LogP contribution in [0.4, 0.5) is 0 Å².